The minimum absolute atomic E-state index is 0.149. The third-order valence-electron chi connectivity index (χ3n) is 3.10. The summed E-state index contributed by atoms with van der Waals surface area (Å²) in [5.41, 5.74) is 0.996. The second-order valence-electron chi connectivity index (χ2n) is 4.52. The fourth-order valence-corrected chi connectivity index (χ4v) is 2.31. The fourth-order valence-electron chi connectivity index (χ4n) is 2.13. The summed E-state index contributed by atoms with van der Waals surface area (Å²) < 4.78 is 0. The van der Waals surface area contributed by atoms with Crippen LogP contribution in [0.5, 0.6) is 0 Å². The highest BCUT2D eigenvalue weighted by Crippen LogP contribution is 2.18. The second-order valence-corrected chi connectivity index (χ2v) is 4.91. The molecule has 2 atom stereocenters. The Morgan fingerprint density at radius 3 is 3.06 bits per heavy atom. The van der Waals surface area contributed by atoms with Crippen molar-refractivity contribution in [3.05, 3.63) is 29.0 Å². The lowest BCUT2D eigenvalue weighted by Gasteiger charge is -2.34. The van der Waals surface area contributed by atoms with Crippen LogP contribution in [0.1, 0.15) is 19.0 Å². The Morgan fingerprint density at radius 2 is 2.38 bits per heavy atom. The van der Waals surface area contributed by atoms with Crippen LogP contribution in [0.3, 0.4) is 0 Å². The number of likely N-dealkylation sites (tertiary alicyclic amines) is 1. The van der Waals surface area contributed by atoms with Crippen molar-refractivity contribution in [2.24, 2.45) is 5.92 Å². The van der Waals surface area contributed by atoms with E-state index in [1.807, 2.05) is 12.1 Å². The van der Waals surface area contributed by atoms with Gasteiger partial charge in [-0.25, -0.2) is 4.98 Å². The molecular weight excluding hydrogens is 224 g/mol. The molecule has 1 aliphatic rings. The van der Waals surface area contributed by atoms with Crippen LogP contribution < -0.4 is 0 Å². The number of nitrogens with zero attached hydrogens (tertiary/aromatic N) is 2. The van der Waals surface area contributed by atoms with Gasteiger partial charge in [0.05, 0.1) is 11.8 Å². The Labute approximate surface area is 101 Å². The van der Waals surface area contributed by atoms with E-state index in [1.165, 1.54) is 0 Å². The molecule has 2 unspecified atom stereocenters. The van der Waals surface area contributed by atoms with E-state index in [-0.39, 0.29) is 6.10 Å². The van der Waals surface area contributed by atoms with Gasteiger partial charge >= 0.3 is 0 Å². The lowest BCUT2D eigenvalue weighted by Crippen LogP contribution is -2.41. The Hall–Kier alpha value is -0.640. The fraction of sp³-hybridized carbons (Fsp3) is 0.583. The molecule has 0 radical (unpaired) electrons. The first-order valence-electron chi connectivity index (χ1n) is 5.67. The van der Waals surface area contributed by atoms with E-state index < -0.39 is 0 Å². The van der Waals surface area contributed by atoms with Crippen molar-refractivity contribution in [1.29, 1.82) is 0 Å². The molecule has 0 amide bonds. The van der Waals surface area contributed by atoms with Crippen LogP contribution in [-0.2, 0) is 6.54 Å². The second kappa shape index (κ2) is 5.13. The van der Waals surface area contributed by atoms with Gasteiger partial charge in [-0.05, 0) is 24.5 Å². The molecule has 1 N–H and O–H groups in total. The number of aliphatic hydroxyl groups excluding tert-OH is 1. The largest absolute Gasteiger partial charge is 0.393 e. The van der Waals surface area contributed by atoms with E-state index in [0.717, 1.165) is 31.7 Å². The predicted octanol–water partition coefficient (Wildman–Crippen LogP) is 1.94. The van der Waals surface area contributed by atoms with E-state index in [2.05, 4.69) is 16.8 Å². The molecule has 1 aromatic heterocycles. The molecule has 0 aliphatic carbocycles. The summed E-state index contributed by atoms with van der Waals surface area (Å²) in [4.78, 5) is 6.59. The molecule has 1 saturated heterocycles. The smallest absolute Gasteiger partial charge is 0.129 e. The highest BCUT2D eigenvalue weighted by Gasteiger charge is 2.24. The SMILES string of the molecule is CC1CN(Cc2cccc(Cl)n2)CCC1O. The highest BCUT2D eigenvalue weighted by atomic mass is 35.5. The first-order chi connectivity index (χ1) is 7.65. The van der Waals surface area contributed by atoms with Crippen molar-refractivity contribution < 1.29 is 5.11 Å². The van der Waals surface area contributed by atoms with Gasteiger partial charge in [-0.3, -0.25) is 4.90 Å². The van der Waals surface area contributed by atoms with Crippen LogP contribution in [0.15, 0.2) is 18.2 Å². The summed E-state index contributed by atoms with van der Waals surface area (Å²) in [6.07, 6.45) is 0.699. The van der Waals surface area contributed by atoms with Crippen LogP contribution in [0.2, 0.25) is 5.15 Å². The molecule has 0 saturated carbocycles. The molecule has 2 rings (SSSR count). The average Bonchev–Trinajstić information content (AvgIpc) is 2.24. The molecule has 1 aliphatic heterocycles. The minimum Gasteiger partial charge on any atom is -0.393 e. The predicted molar refractivity (Wildman–Crippen MR) is 64.3 cm³/mol. The maximum atomic E-state index is 9.64. The van der Waals surface area contributed by atoms with Crippen LogP contribution in [0, 0.1) is 5.92 Å². The van der Waals surface area contributed by atoms with E-state index in [1.54, 1.807) is 6.07 Å². The van der Waals surface area contributed by atoms with E-state index >= 15 is 0 Å². The van der Waals surface area contributed by atoms with Gasteiger partial charge in [0.25, 0.3) is 0 Å². The Bertz CT molecular complexity index is 359. The van der Waals surface area contributed by atoms with Gasteiger partial charge in [-0.1, -0.05) is 24.6 Å². The topological polar surface area (TPSA) is 36.4 Å². The molecule has 1 fully saturated rings. The monoisotopic (exact) mass is 240 g/mol. The van der Waals surface area contributed by atoms with Crippen molar-refractivity contribution in [1.82, 2.24) is 9.88 Å². The Morgan fingerprint density at radius 1 is 1.56 bits per heavy atom. The summed E-state index contributed by atoms with van der Waals surface area (Å²) in [6, 6.07) is 5.70. The third-order valence-corrected chi connectivity index (χ3v) is 3.31. The van der Waals surface area contributed by atoms with Crippen LogP contribution in [0.25, 0.3) is 0 Å². The zero-order chi connectivity index (χ0) is 11.5. The van der Waals surface area contributed by atoms with Gasteiger partial charge in [0, 0.05) is 19.6 Å². The molecule has 0 spiro atoms. The summed E-state index contributed by atoms with van der Waals surface area (Å²) in [5, 5.41) is 10.2. The van der Waals surface area contributed by atoms with E-state index in [4.69, 9.17) is 11.6 Å². The first kappa shape index (κ1) is 11.8. The van der Waals surface area contributed by atoms with Gasteiger partial charge < -0.3 is 5.11 Å². The zero-order valence-electron chi connectivity index (χ0n) is 9.43. The number of halogens is 1. The third kappa shape index (κ3) is 2.94. The molecule has 0 bridgehead atoms. The maximum absolute atomic E-state index is 9.64. The average molecular weight is 241 g/mol. The molecule has 4 heteroatoms. The normalized spacial score (nSPS) is 26.9. The lowest BCUT2D eigenvalue weighted by molar-refractivity contribution is 0.0315. The van der Waals surface area contributed by atoms with Crippen LogP contribution in [-0.4, -0.2) is 34.2 Å². The van der Waals surface area contributed by atoms with Gasteiger partial charge in [-0.15, -0.1) is 0 Å². The number of pyridine rings is 1. The number of aromatic nitrogens is 1. The number of hydrogen-bond donors (Lipinski definition) is 1. The van der Waals surface area contributed by atoms with Crippen molar-refractivity contribution >= 4 is 11.6 Å². The Kier molecular flexibility index (Phi) is 3.79. The number of rotatable bonds is 2. The Balaban J connectivity index is 1.95. The van der Waals surface area contributed by atoms with Crippen LogP contribution in [0.4, 0.5) is 0 Å². The van der Waals surface area contributed by atoms with Gasteiger partial charge in [0.1, 0.15) is 5.15 Å². The summed E-state index contributed by atoms with van der Waals surface area (Å²) in [5.74, 6) is 0.341. The van der Waals surface area contributed by atoms with Crippen LogP contribution >= 0.6 is 11.6 Å². The van der Waals surface area contributed by atoms with Crippen molar-refractivity contribution in [3.63, 3.8) is 0 Å². The zero-order valence-corrected chi connectivity index (χ0v) is 10.2. The quantitative estimate of drug-likeness (QED) is 0.803. The van der Waals surface area contributed by atoms with Crippen molar-refractivity contribution in [2.75, 3.05) is 13.1 Å². The minimum atomic E-state index is -0.149. The van der Waals surface area contributed by atoms with E-state index in [0.29, 0.717) is 11.1 Å². The maximum Gasteiger partial charge on any atom is 0.129 e. The number of hydrogen-bond acceptors (Lipinski definition) is 3. The summed E-state index contributed by atoms with van der Waals surface area (Å²) >= 11 is 5.84. The molecule has 2 heterocycles. The molecule has 1 aromatic rings. The van der Waals surface area contributed by atoms with Gasteiger partial charge in [-0.2, -0.15) is 0 Å². The first-order valence-corrected chi connectivity index (χ1v) is 6.05. The molecule has 0 aromatic carbocycles. The molecule has 16 heavy (non-hydrogen) atoms. The highest BCUT2D eigenvalue weighted by molar-refractivity contribution is 6.29. The molecule has 88 valence electrons. The van der Waals surface area contributed by atoms with Gasteiger partial charge in [0.2, 0.25) is 0 Å². The lowest BCUT2D eigenvalue weighted by atomic mass is 9.97. The number of aliphatic hydroxyl groups is 1. The van der Waals surface area contributed by atoms with Crippen molar-refractivity contribution in [2.45, 2.75) is 26.0 Å². The van der Waals surface area contributed by atoms with Crippen molar-refractivity contribution in [3.8, 4) is 0 Å². The number of piperidine rings is 1. The summed E-state index contributed by atoms with van der Waals surface area (Å²) in [6.45, 7) is 4.76. The molecular formula is C12H17ClN2O. The van der Waals surface area contributed by atoms with Gasteiger partial charge in [0.15, 0.2) is 0 Å². The molecule has 3 nitrogen and oxygen atoms in total. The summed E-state index contributed by atoms with van der Waals surface area (Å²) in [7, 11) is 0. The van der Waals surface area contributed by atoms with E-state index in [9.17, 15) is 5.11 Å². The standard InChI is InChI=1S/C12H17ClN2O/c1-9-7-15(6-5-11(9)16)8-10-3-2-4-12(13)14-10/h2-4,9,11,16H,5-8H2,1H3.